The molecule has 0 radical (unpaired) electrons. The largest absolute Gasteiger partial charge is 0.417 e. The Kier molecular flexibility index (Phi) is 3.05. The molecular formula is C14H14F3N3. The molecule has 2 N–H and O–H groups in total. The Labute approximate surface area is 114 Å². The van der Waals surface area contributed by atoms with Gasteiger partial charge in [-0.25, -0.2) is 4.98 Å². The lowest BCUT2D eigenvalue weighted by atomic mass is 10.0. The maximum absolute atomic E-state index is 13.0. The lowest BCUT2D eigenvalue weighted by Crippen LogP contribution is -2.31. The fourth-order valence-electron chi connectivity index (χ4n) is 2.55. The Morgan fingerprint density at radius 3 is 2.75 bits per heavy atom. The average molecular weight is 281 g/mol. The maximum atomic E-state index is 13.0. The van der Waals surface area contributed by atoms with E-state index in [2.05, 4.69) is 4.98 Å². The molecular weight excluding hydrogens is 267 g/mol. The van der Waals surface area contributed by atoms with E-state index in [1.54, 1.807) is 12.3 Å². The van der Waals surface area contributed by atoms with Crippen LogP contribution in [0.2, 0.25) is 0 Å². The molecule has 0 saturated heterocycles. The van der Waals surface area contributed by atoms with E-state index in [1.165, 1.54) is 12.1 Å². The topological polar surface area (TPSA) is 43.8 Å². The van der Waals surface area contributed by atoms with Crippen molar-refractivity contribution in [1.29, 1.82) is 0 Å². The van der Waals surface area contributed by atoms with Crippen molar-refractivity contribution in [2.45, 2.75) is 31.6 Å². The van der Waals surface area contributed by atoms with E-state index in [9.17, 15) is 13.2 Å². The normalized spacial score (nSPS) is 18.9. The van der Waals surface area contributed by atoms with Crippen LogP contribution in [0.5, 0.6) is 0 Å². The van der Waals surface area contributed by atoms with Gasteiger partial charge in [-0.3, -0.25) is 0 Å². The van der Waals surface area contributed by atoms with E-state index in [1.807, 2.05) is 4.57 Å². The van der Waals surface area contributed by atoms with Crippen molar-refractivity contribution >= 4 is 0 Å². The molecule has 20 heavy (non-hydrogen) atoms. The molecule has 2 heterocycles. The summed E-state index contributed by atoms with van der Waals surface area (Å²) in [6, 6.07) is 5.56. The molecule has 1 aliphatic heterocycles. The van der Waals surface area contributed by atoms with Crippen LogP contribution in [0.15, 0.2) is 30.5 Å². The van der Waals surface area contributed by atoms with E-state index < -0.39 is 11.7 Å². The van der Waals surface area contributed by atoms with E-state index >= 15 is 0 Å². The van der Waals surface area contributed by atoms with E-state index in [0.717, 1.165) is 18.3 Å². The van der Waals surface area contributed by atoms with Crippen LogP contribution in [-0.4, -0.2) is 15.6 Å². The highest BCUT2D eigenvalue weighted by atomic mass is 19.4. The van der Waals surface area contributed by atoms with Crippen molar-refractivity contribution in [3.05, 3.63) is 41.9 Å². The molecule has 0 aliphatic carbocycles. The highest BCUT2D eigenvalue weighted by Gasteiger charge is 2.34. The number of hydrogen-bond donors (Lipinski definition) is 1. The van der Waals surface area contributed by atoms with Gasteiger partial charge in [-0.2, -0.15) is 13.2 Å². The summed E-state index contributed by atoms with van der Waals surface area (Å²) in [4.78, 5) is 4.34. The monoisotopic (exact) mass is 281 g/mol. The molecule has 0 bridgehead atoms. The second-order valence-corrected chi connectivity index (χ2v) is 5.04. The standard InChI is InChI=1S/C14H14F3N3/c15-14(16,17)11-4-2-1-3-10(11)12-8-20-7-9(18)5-6-13(20)19-12/h1-4,8-9H,5-7,18H2. The number of benzene rings is 1. The SMILES string of the molecule is NC1CCc2nc(-c3ccccc3C(F)(F)F)cn2C1. The fraction of sp³-hybridized carbons (Fsp3) is 0.357. The number of aryl methyl sites for hydroxylation is 1. The first-order chi connectivity index (χ1) is 9.45. The minimum Gasteiger partial charge on any atom is -0.333 e. The minimum atomic E-state index is -4.38. The van der Waals surface area contributed by atoms with Crippen LogP contribution in [0.1, 0.15) is 17.8 Å². The van der Waals surface area contributed by atoms with Crippen molar-refractivity contribution in [2.24, 2.45) is 5.73 Å². The summed E-state index contributed by atoms with van der Waals surface area (Å²) in [5.41, 5.74) is 5.70. The van der Waals surface area contributed by atoms with E-state index in [4.69, 9.17) is 5.73 Å². The number of nitrogens with zero attached hydrogens (tertiary/aromatic N) is 2. The Hall–Kier alpha value is -1.82. The van der Waals surface area contributed by atoms with Gasteiger partial charge < -0.3 is 10.3 Å². The molecule has 1 aromatic carbocycles. The van der Waals surface area contributed by atoms with Gasteiger partial charge in [-0.15, -0.1) is 0 Å². The lowest BCUT2D eigenvalue weighted by molar-refractivity contribution is -0.137. The van der Waals surface area contributed by atoms with Crippen molar-refractivity contribution < 1.29 is 13.2 Å². The molecule has 1 aliphatic rings. The molecule has 6 heteroatoms. The second kappa shape index (κ2) is 4.63. The van der Waals surface area contributed by atoms with Crippen LogP contribution in [0.4, 0.5) is 13.2 Å². The van der Waals surface area contributed by atoms with Gasteiger partial charge in [0.05, 0.1) is 11.3 Å². The molecule has 0 spiro atoms. The maximum Gasteiger partial charge on any atom is 0.417 e. The van der Waals surface area contributed by atoms with Gasteiger partial charge in [0, 0.05) is 30.8 Å². The van der Waals surface area contributed by atoms with Gasteiger partial charge in [-0.1, -0.05) is 18.2 Å². The molecule has 1 aromatic heterocycles. The minimum absolute atomic E-state index is 0.0439. The summed E-state index contributed by atoms with van der Waals surface area (Å²) in [5.74, 6) is 0.804. The van der Waals surface area contributed by atoms with Crippen LogP contribution >= 0.6 is 0 Å². The zero-order valence-corrected chi connectivity index (χ0v) is 10.7. The van der Waals surface area contributed by atoms with Crippen molar-refractivity contribution in [3.63, 3.8) is 0 Å². The Morgan fingerprint density at radius 2 is 2.00 bits per heavy atom. The third kappa shape index (κ3) is 2.31. The number of imidazole rings is 1. The quantitative estimate of drug-likeness (QED) is 0.873. The van der Waals surface area contributed by atoms with E-state index in [-0.39, 0.29) is 11.6 Å². The number of fused-ring (bicyclic) bond motifs is 1. The number of rotatable bonds is 1. The zero-order valence-electron chi connectivity index (χ0n) is 10.7. The number of aromatic nitrogens is 2. The second-order valence-electron chi connectivity index (χ2n) is 5.04. The predicted octanol–water partition coefficient (Wildman–Crippen LogP) is 2.84. The van der Waals surface area contributed by atoms with Gasteiger partial charge in [0.2, 0.25) is 0 Å². The highest BCUT2D eigenvalue weighted by Crippen LogP contribution is 2.36. The first kappa shape index (κ1) is 13.2. The average Bonchev–Trinajstić information content (AvgIpc) is 2.80. The van der Waals surface area contributed by atoms with E-state index in [0.29, 0.717) is 18.7 Å². The first-order valence-electron chi connectivity index (χ1n) is 6.43. The molecule has 1 atom stereocenters. The number of hydrogen-bond acceptors (Lipinski definition) is 2. The molecule has 106 valence electrons. The number of nitrogens with two attached hydrogens (primary N) is 1. The van der Waals surface area contributed by atoms with Gasteiger partial charge in [0.15, 0.2) is 0 Å². The summed E-state index contributed by atoms with van der Waals surface area (Å²) in [5, 5.41) is 0. The van der Waals surface area contributed by atoms with Gasteiger partial charge in [-0.05, 0) is 12.5 Å². The summed E-state index contributed by atoms with van der Waals surface area (Å²) < 4.78 is 40.9. The summed E-state index contributed by atoms with van der Waals surface area (Å²) in [6.45, 7) is 0.608. The van der Waals surface area contributed by atoms with Gasteiger partial charge in [0.25, 0.3) is 0 Å². The molecule has 3 nitrogen and oxygen atoms in total. The van der Waals surface area contributed by atoms with Crippen LogP contribution in [0, 0.1) is 0 Å². The van der Waals surface area contributed by atoms with Crippen LogP contribution in [0.3, 0.4) is 0 Å². The fourth-order valence-corrected chi connectivity index (χ4v) is 2.55. The Balaban J connectivity index is 2.07. The smallest absolute Gasteiger partial charge is 0.333 e. The highest BCUT2D eigenvalue weighted by molar-refractivity contribution is 5.64. The van der Waals surface area contributed by atoms with Crippen molar-refractivity contribution in [1.82, 2.24) is 9.55 Å². The molecule has 1 unspecified atom stereocenters. The Bertz CT molecular complexity index is 631. The summed E-state index contributed by atoms with van der Waals surface area (Å²) >= 11 is 0. The van der Waals surface area contributed by atoms with Gasteiger partial charge in [0.1, 0.15) is 5.82 Å². The number of alkyl halides is 3. The van der Waals surface area contributed by atoms with Crippen LogP contribution < -0.4 is 5.73 Å². The first-order valence-corrected chi connectivity index (χ1v) is 6.43. The Morgan fingerprint density at radius 1 is 1.25 bits per heavy atom. The predicted molar refractivity (Wildman–Crippen MR) is 69.0 cm³/mol. The van der Waals surface area contributed by atoms with Crippen molar-refractivity contribution in [3.8, 4) is 11.3 Å². The van der Waals surface area contributed by atoms with Crippen molar-refractivity contribution in [2.75, 3.05) is 0 Å². The summed E-state index contributed by atoms with van der Waals surface area (Å²) in [7, 11) is 0. The van der Waals surface area contributed by atoms with Crippen LogP contribution in [0.25, 0.3) is 11.3 Å². The molecule has 0 fully saturated rings. The van der Waals surface area contributed by atoms with Crippen LogP contribution in [-0.2, 0) is 19.1 Å². The molecule has 2 aromatic rings. The summed E-state index contributed by atoms with van der Waals surface area (Å²) in [6.07, 6.45) is -1.19. The zero-order chi connectivity index (χ0) is 14.3. The molecule has 0 amide bonds. The molecule has 3 rings (SSSR count). The van der Waals surface area contributed by atoms with Gasteiger partial charge >= 0.3 is 6.18 Å². The number of halogens is 3. The lowest BCUT2D eigenvalue weighted by Gasteiger charge is -2.19. The third-order valence-electron chi connectivity index (χ3n) is 3.54. The third-order valence-corrected chi connectivity index (χ3v) is 3.54. The molecule has 0 saturated carbocycles.